The molecule has 6 rings (SSSR count). The second-order valence-corrected chi connectivity index (χ2v) is 23.5. The summed E-state index contributed by atoms with van der Waals surface area (Å²) in [6.07, 6.45) is 21.7. The van der Waals surface area contributed by atoms with Crippen LogP contribution in [-0.2, 0) is 19.1 Å². The molecule has 4 amide bonds. The Morgan fingerprint density at radius 2 is 1.75 bits per heavy atom. The summed E-state index contributed by atoms with van der Waals surface area (Å²) in [5.74, 6) is 6.04. The first-order chi connectivity index (χ1) is 27.9. The molecule has 0 aromatic carbocycles. The minimum Gasteiger partial charge on any atom is -0.375 e. The van der Waals surface area contributed by atoms with Gasteiger partial charge in [-0.3, -0.25) is 9.59 Å². The molecule has 3 unspecified atom stereocenters. The Kier molecular flexibility index (Phi) is 15.6. The number of carbonyl (C=O) groups is 3. The molecule has 4 aliphatic carbocycles. The quantitative estimate of drug-likeness (QED) is 0.0520. The average Bonchev–Trinajstić information content (AvgIpc) is 3.83. The molecule has 6 aliphatic rings. The molecule has 2 saturated heterocycles. The van der Waals surface area contributed by atoms with E-state index < -0.39 is 5.60 Å². The number of amides is 4. The van der Waals surface area contributed by atoms with Crippen molar-refractivity contribution in [3.05, 3.63) is 11.6 Å². The maximum absolute atomic E-state index is 12.9. The lowest BCUT2D eigenvalue weighted by atomic mass is 9.47. The van der Waals surface area contributed by atoms with E-state index in [1.54, 1.807) is 5.57 Å². The summed E-state index contributed by atoms with van der Waals surface area (Å²) in [4.78, 5) is 37.3. The molecule has 11 atom stereocenters. The summed E-state index contributed by atoms with van der Waals surface area (Å²) in [6.45, 7) is 22.0. The van der Waals surface area contributed by atoms with Crippen molar-refractivity contribution >= 4 is 29.6 Å². The Balaban J connectivity index is 0.842. The van der Waals surface area contributed by atoms with Crippen LogP contribution in [0.5, 0.6) is 0 Å². The molecule has 3 saturated carbocycles. The zero-order valence-corrected chi connectivity index (χ0v) is 39.5. The van der Waals surface area contributed by atoms with Crippen LogP contribution in [0, 0.1) is 46.3 Å². The van der Waals surface area contributed by atoms with Crippen molar-refractivity contribution in [2.24, 2.45) is 46.3 Å². The summed E-state index contributed by atoms with van der Waals surface area (Å²) < 4.78 is 12.6. The van der Waals surface area contributed by atoms with Gasteiger partial charge in [-0.1, -0.05) is 72.0 Å². The third-order valence-electron chi connectivity index (χ3n) is 16.5. The second-order valence-electron chi connectivity index (χ2n) is 22.2. The van der Waals surface area contributed by atoms with E-state index in [0.29, 0.717) is 43.1 Å². The van der Waals surface area contributed by atoms with Crippen molar-refractivity contribution < 1.29 is 23.9 Å². The molecule has 5 fully saturated rings. The molecule has 0 radical (unpaired) electrons. The fourth-order valence-corrected chi connectivity index (χ4v) is 14.5. The first-order valence-corrected chi connectivity index (χ1v) is 25.2. The summed E-state index contributed by atoms with van der Waals surface area (Å²) in [6, 6.07) is 0.406. The summed E-state index contributed by atoms with van der Waals surface area (Å²) in [5.41, 5.74) is 1.64. The Labute approximate surface area is 363 Å². The van der Waals surface area contributed by atoms with Crippen LogP contribution in [0.2, 0.25) is 0 Å². The van der Waals surface area contributed by atoms with Crippen molar-refractivity contribution in [3.8, 4) is 0 Å². The molecule has 9 nitrogen and oxygen atoms in total. The van der Waals surface area contributed by atoms with Gasteiger partial charge in [-0.2, -0.15) is 11.8 Å². The number of unbranched alkanes of at least 4 members (excludes halogenated alkanes) is 1. The Hall–Kier alpha value is -1.78. The van der Waals surface area contributed by atoms with Gasteiger partial charge in [-0.05, 0) is 151 Å². The maximum atomic E-state index is 12.9. The number of nitrogens with one attached hydrogen (secondary N) is 4. The van der Waals surface area contributed by atoms with Crippen LogP contribution < -0.4 is 21.3 Å². The number of carbonyl (C=O) groups excluding carboxylic acids is 3. The van der Waals surface area contributed by atoms with Gasteiger partial charge in [0, 0.05) is 36.1 Å². The molecule has 2 aliphatic heterocycles. The van der Waals surface area contributed by atoms with Crippen LogP contribution in [-0.4, -0.2) is 77.9 Å². The minimum absolute atomic E-state index is 0.0510. The third kappa shape index (κ3) is 11.6. The summed E-state index contributed by atoms with van der Waals surface area (Å²) in [7, 11) is 0. The molecule has 0 spiro atoms. The van der Waals surface area contributed by atoms with Crippen LogP contribution in [0.15, 0.2) is 11.6 Å². The van der Waals surface area contributed by atoms with Crippen molar-refractivity contribution in [2.45, 2.75) is 206 Å². The van der Waals surface area contributed by atoms with E-state index in [9.17, 15) is 14.4 Å². The van der Waals surface area contributed by atoms with Crippen LogP contribution in [0.4, 0.5) is 4.79 Å². The number of fused-ring (bicyclic) bond motifs is 6. The largest absolute Gasteiger partial charge is 0.375 e. The zero-order chi connectivity index (χ0) is 42.6. The highest BCUT2D eigenvalue weighted by molar-refractivity contribution is 8.00. The molecule has 59 heavy (non-hydrogen) atoms. The lowest BCUT2D eigenvalue weighted by Crippen LogP contribution is -2.51. The van der Waals surface area contributed by atoms with E-state index in [4.69, 9.17) is 9.47 Å². The van der Waals surface area contributed by atoms with Crippen molar-refractivity contribution in [1.82, 2.24) is 21.3 Å². The number of hydrogen-bond donors (Lipinski definition) is 4. The molecule has 0 aromatic rings. The van der Waals surface area contributed by atoms with Gasteiger partial charge in [-0.25, -0.2) is 4.79 Å². The molecular formula is C49H84N4O5S. The highest BCUT2D eigenvalue weighted by atomic mass is 32.2. The number of hydrogen-bond acceptors (Lipinski definition) is 6. The van der Waals surface area contributed by atoms with Crippen molar-refractivity contribution in [2.75, 3.05) is 25.5 Å². The number of urea groups is 1. The molecule has 4 N–H and O–H groups in total. The van der Waals surface area contributed by atoms with Gasteiger partial charge in [0.25, 0.3) is 0 Å². The average molecular weight is 841 g/mol. The van der Waals surface area contributed by atoms with Crippen LogP contribution in [0.1, 0.15) is 171 Å². The predicted molar refractivity (Wildman–Crippen MR) is 241 cm³/mol. The number of allylic oxidation sites excluding steroid dienone is 1. The smallest absolute Gasteiger partial charge is 0.315 e. The molecular weight excluding hydrogens is 757 g/mol. The summed E-state index contributed by atoms with van der Waals surface area (Å²) >= 11 is 1.92. The topological polar surface area (TPSA) is 118 Å². The van der Waals surface area contributed by atoms with Gasteiger partial charge < -0.3 is 30.7 Å². The number of rotatable bonds is 21. The number of ether oxygens (including phenoxy) is 2. The van der Waals surface area contributed by atoms with Gasteiger partial charge in [0.05, 0.1) is 23.8 Å². The fourth-order valence-electron chi connectivity index (χ4n) is 13.0. The van der Waals surface area contributed by atoms with Gasteiger partial charge in [0.2, 0.25) is 11.8 Å². The molecule has 0 bridgehead atoms. The van der Waals surface area contributed by atoms with Crippen LogP contribution >= 0.6 is 11.8 Å². The Morgan fingerprint density at radius 3 is 2.53 bits per heavy atom. The normalized spacial score (nSPS) is 34.5. The van der Waals surface area contributed by atoms with E-state index in [1.807, 2.05) is 25.6 Å². The maximum Gasteiger partial charge on any atom is 0.315 e. The molecule has 0 aromatic heterocycles. The van der Waals surface area contributed by atoms with E-state index in [0.717, 1.165) is 73.4 Å². The minimum atomic E-state index is -0.402. The highest BCUT2D eigenvalue weighted by Gasteiger charge is 2.59. The lowest BCUT2D eigenvalue weighted by Gasteiger charge is -2.58. The molecule has 336 valence electrons. The predicted octanol–water partition coefficient (Wildman–Crippen LogP) is 9.73. The number of thioether (sulfide) groups is 1. The van der Waals surface area contributed by atoms with Gasteiger partial charge >= 0.3 is 6.03 Å². The van der Waals surface area contributed by atoms with Crippen LogP contribution in [0.25, 0.3) is 0 Å². The van der Waals surface area contributed by atoms with E-state index in [-0.39, 0.29) is 53.6 Å². The van der Waals surface area contributed by atoms with Gasteiger partial charge in [0.15, 0.2) is 0 Å². The molecule has 10 heteroatoms. The lowest BCUT2D eigenvalue weighted by molar-refractivity contribution is -0.129. The van der Waals surface area contributed by atoms with E-state index in [1.165, 1.54) is 57.8 Å². The van der Waals surface area contributed by atoms with Gasteiger partial charge in [-0.15, -0.1) is 0 Å². The van der Waals surface area contributed by atoms with Crippen molar-refractivity contribution in [3.63, 3.8) is 0 Å². The second kappa shape index (κ2) is 19.7. The monoisotopic (exact) mass is 841 g/mol. The third-order valence-corrected chi connectivity index (χ3v) is 18.0. The SMILES string of the molecule is CC(C)CCC[C@@H](C)[C@H]1CC[C@H]2[C@@H]3CC=C4C[C@@H](OCC(=O)NCCC(C)(C)OCCC(C)(C)NC(=O)CCCCC5SCC6NC(=O)NC65)CC[C@]4(C)[C@H]3CC[C@]12C. The standard InChI is InChI=1S/C49H84N4O5S/c1-32(2)13-12-14-33(3)37-19-20-38-36-18-17-34-29-35(21-23-48(34,8)39(36)22-24-49(37,38)9)57-30-43(55)50-27-25-47(6,7)58-28-26-46(4,5)53-42(54)16-11-10-15-41-44-40(31-59-41)51-45(56)52-44/h17,32-33,35-41,44H,10-16,18-31H2,1-9H3,(H,50,55)(H,53,54)(H2,51,52,56)/t33-,35+,36+,37-,38+,39+,40?,41?,44?,48+,49-/m1/s1. The first-order valence-electron chi connectivity index (χ1n) is 24.1. The molecule has 2 heterocycles. The van der Waals surface area contributed by atoms with Crippen LogP contribution in [0.3, 0.4) is 0 Å². The van der Waals surface area contributed by atoms with Crippen molar-refractivity contribution in [1.29, 1.82) is 0 Å². The summed E-state index contributed by atoms with van der Waals surface area (Å²) in [5, 5.41) is 12.7. The van der Waals surface area contributed by atoms with Gasteiger partial charge in [0.1, 0.15) is 6.61 Å². The van der Waals surface area contributed by atoms with E-state index in [2.05, 4.69) is 75.8 Å². The first kappa shape index (κ1) is 46.7. The zero-order valence-electron chi connectivity index (χ0n) is 38.6. The Morgan fingerprint density at radius 1 is 0.949 bits per heavy atom. The highest BCUT2D eigenvalue weighted by Crippen LogP contribution is 2.67. The van der Waals surface area contributed by atoms with E-state index >= 15 is 0 Å². The Bertz CT molecular complexity index is 1480. The fraction of sp³-hybridized carbons (Fsp3) is 0.898.